The van der Waals surface area contributed by atoms with Gasteiger partial charge in [0, 0.05) is 11.1 Å². The van der Waals surface area contributed by atoms with Gasteiger partial charge in [0.25, 0.3) is 0 Å². The van der Waals surface area contributed by atoms with E-state index >= 15 is 0 Å². The molecule has 68 valence electrons. The monoisotopic (exact) mass is 211 g/mol. The summed E-state index contributed by atoms with van der Waals surface area (Å²) < 4.78 is 0.879. The van der Waals surface area contributed by atoms with Crippen LogP contribution in [0, 0.1) is 0 Å². The summed E-state index contributed by atoms with van der Waals surface area (Å²) in [5.41, 5.74) is 6.56. The predicted molar refractivity (Wildman–Crippen MR) is 59.7 cm³/mol. The SMILES string of the molecule is CSc1cc(N)c2ccsc2c1O. The van der Waals surface area contributed by atoms with E-state index in [1.807, 2.05) is 23.8 Å². The number of benzene rings is 1. The quantitative estimate of drug-likeness (QED) is 0.433. The number of hydrogen-bond donors (Lipinski definition) is 2. The van der Waals surface area contributed by atoms with E-state index in [9.17, 15) is 5.11 Å². The summed E-state index contributed by atoms with van der Waals surface area (Å²) in [4.78, 5) is 0.840. The van der Waals surface area contributed by atoms with Crippen molar-refractivity contribution in [1.29, 1.82) is 0 Å². The second-order valence-electron chi connectivity index (χ2n) is 2.68. The average Bonchev–Trinajstić information content (AvgIpc) is 2.60. The minimum atomic E-state index is 0.353. The Bertz CT molecular complexity index is 450. The summed E-state index contributed by atoms with van der Waals surface area (Å²) in [5, 5.41) is 12.7. The van der Waals surface area contributed by atoms with Crippen molar-refractivity contribution in [3.63, 3.8) is 0 Å². The molecule has 0 radical (unpaired) electrons. The molecule has 0 amide bonds. The van der Waals surface area contributed by atoms with E-state index in [0.717, 1.165) is 20.7 Å². The Hall–Kier alpha value is -0.870. The molecule has 0 atom stereocenters. The molecule has 0 bridgehead atoms. The highest BCUT2D eigenvalue weighted by Gasteiger charge is 2.09. The Morgan fingerprint density at radius 2 is 2.31 bits per heavy atom. The van der Waals surface area contributed by atoms with Gasteiger partial charge in [0.2, 0.25) is 0 Å². The summed E-state index contributed by atoms with van der Waals surface area (Å²) in [5.74, 6) is 0.353. The largest absolute Gasteiger partial charge is 0.505 e. The van der Waals surface area contributed by atoms with Crippen molar-refractivity contribution < 1.29 is 5.11 Å². The normalized spacial score (nSPS) is 10.8. The minimum absolute atomic E-state index is 0.353. The van der Waals surface area contributed by atoms with E-state index in [-0.39, 0.29) is 0 Å². The number of rotatable bonds is 1. The maximum absolute atomic E-state index is 9.80. The van der Waals surface area contributed by atoms with Gasteiger partial charge in [-0.2, -0.15) is 0 Å². The molecule has 3 N–H and O–H groups in total. The highest BCUT2D eigenvalue weighted by atomic mass is 32.2. The first-order valence-electron chi connectivity index (χ1n) is 3.76. The number of nitrogens with two attached hydrogens (primary N) is 1. The third kappa shape index (κ3) is 1.26. The second kappa shape index (κ2) is 3.12. The molecule has 1 heterocycles. The van der Waals surface area contributed by atoms with Gasteiger partial charge in [-0.05, 0) is 23.8 Å². The van der Waals surface area contributed by atoms with Crippen LogP contribution in [0.15, 0.2) is 22.4 Å². The van der Waals surface area contributed by atoms with E-state index in [1.54, 1.807) is 0 Å². The van der Waals surface area contributed by atoms with Gasteiger partial charge >= 0.3 is 0 Å². The lowest BCUT2D eigenvalue weighted by Crippen LogP contribution is -1.86. The van der Waals surface area contributed by atoms with E-state index in [1.165, 1.54) is 23.1 Å². The van der Waals surface area contributed by atoms with Crippen molar-refractivity contribution in [2.75, 3.05) is 12.0 Å². The van der Waals surface area contributed by atoms with Crippen molar-refractivity contribution in [3.8, 4) is 5.75 Å². The summed E-state index contributed by atoms with van der Waals surface area (Å²) in [7, 11) is 0. The van der Waals surface area contributed by atoms with Gasteiger partial charge in [-0.1, -0.05) is 0 Å². The second-order valence-corrected chi connectivity index (χ2v) is 4.44. The minimum Gasteiger partial charge on any atom is -0.505 e. The van der Waals surface area contributed by atoms with Gasteiger partial charge in [-0.15, -0.1) is 23.1 Å². The summed E-state index contributed by atoms with van der Waals surface area (Å²) in [6.07, 6.45) is 1.92. The molecule has 0 aliphatic heterocycles. The number of phenols is 1. The van der Waals surface area contributed by atoms with Gasteiger partial charge in [-0.3, -0.25) is 0 Å². The fraction of sp³-hybridized carbons (Fsp3) is 0.111. The van der Waals surface area contributed by atoms with Crippen LogP contribution in [0.5, 0.6) is 5.75 Å². The number of nitrogen functional groups attached to an aromatic ring is 1. The molecule has 0 saturated carbocycles. The third-order valence-electron chi connectivity index (χ3n) is 1.93. The van der Waals surface area contributed by atoms with Gasteiger partial charge < -0.3 is 10.8 Å². The molecule has 1 aromatic carbocycles. The molecule has 0 saturated heterocycles. The smallest absolute Gasteiger partial charge is 0.147 e. The maximum atomic E-state index is 9.80. The van der Waals surface area contributed by atoms with Crippen LogP contribution in [-0.2, 0) is 0 Å². The zero-order chi connectivity index (χ0) is 9.42. The molecular formula is C9H9NOS2. The van der Waals surface area contributed by atoms with E-state index in [0.29, 0.717) is 5.75 Å². The van der Waals surface area contributed by atoms with Crippen molar-refractivity contribution >= 4 is 38.9 Å². The zero-order valence-corrected chi connectivity index (χ0v) is 8.71. The van der Waals surface area contributed by atoms with Gasteiger partial charge in [0.1, 0.15) is 5.75 Å². The number of hydrogen-bond acceptors (Lipinski definition) is 4. The van der Waals surface area contributed by atoms with Crippen molar-refractivity contribution in [3.05, 3.63) is 17.5 Å². The number of anilines is 1. The van der Waals surface area contributed by atoms with Crippen LogP contribution in [0.1, 0.15) is 0 Å². The average molecular weight is 211 g/mol. The molecule has 2 aromatic rings. The first-order valence-corrected chi connectivity index (χ1v) is 5.87. The van der Waals surface area contributed by atoms with Crippen LogP contribution >= 0.6 is 23.1 Å². The molecule has 0 aliphatic rings. The Balaban J connectivity index is 2.85. The van der Waals surface area contributed by atoms with Crippen LogP contribution in [-0.4, -0.2) is 11.4 Å². The van der Waals surface area contributed by atoms with Crippen molar-refractivity contribution in [2.45, 2.75) is 4.90 Å². The van der Waals surface area contributed by atoms with Crippen LogP contribution in [0.2, 0.25) is 0 Å². The third-order valence-corrected chi connectivity index (χ3v) is 3.60. The van der Waals surface area contributed by atoms with Crippen LogP contribution in [0.3, 0.4) is 0 Å². The molecule has 13 heavy (non-hydrogen) atoms. The standard InChI is InChI=1S/C9H9NOS2/c1-12-7-4-6(10)5-2-3-13-9(5)8(7)11/h2-4,11H,10H2,1H3. The fourth-order valence-corrected chi connectivity index (χ4v) is 2.75. The maximum Gasteiger partial charge on any atom is 0.147 e. The summed E-state index contributed by atoms with van der Waals surface area (Å²) in [6, 6.07) is 3.74. The topological polar surface area (TPSA) is 46.2 Å². The molecule has 0 fully saturated rings. The Morgan fingerprint density at radius 1 is 1.54 bits per heavy atom. The van der Waals surface area contributed by atoms with Gasteiger partial charge in [-0.25, -0.2) is 0 Å². The number of aromatic hydroxyl groups is 1. The number of thiophene rings is 1. The molecule has 0 spiro atoms. The van der Waals surface area contributed by atoms with Gasteiger partial charge in [0.05, 0.1) is 9.60 Å². The molecule has 4 heteroatoms. The van der Waals surface area contributed by atoms with E-state index < -0.39 is 0 Å². The lowest BCUT2D eigenvalue weighted by atomic mass is 10.2. The van der Waals surface area contributed by atoms with Crippen molar-refractivity contribution in [2.24, 2.45) is 0 Å². The molecule has 2 rings (SSSR count). The Labute approximate surface area is 84.4 Å². The zero-order valence-electron chi connectivity index (χ0n) is 7.07. The lowest BCUT2D eigenvalue weighted by molar-refractivity contribution is 0.470. The lowest BCUT2D eigenvalue weighted by Gasteiger charge is -2.04. The van der Waals surface area contributed by atoms with Crippen LogP contribution in [0.25, 0.3) is 10.1 Å². The van der Waals surface area contributed by atoms with Crippen molar-refractivity contribution in [1.82, 2.24) is 0 Å². The first-order chi connectivity index (χ1) is 6.24. The Morgan fingerprint density at radius 3 is 3.00 bits per heavy atom. The highest BCUT2D eigenvalue weighted by molar-refractivity contribution is 7.98. The van der Waals surface area contributed by atoms with Crippen LogP contribution in [0.4, 0.5) is 5.69 Å². The summed E-state index contributed by atoms with van der Waals surface area (Å²) >= 11 is 3.02. The fourth-order valence-electron chi connectivity index (χ4n) is 1.27. The molecule has 0 aliphatic carbocycles. The number of phenolic OH excluding ortho intramolecular Hbond substituents is 1. The number of thioether (sulfide) groups is 1. The van der Waals surface area contributed by atoms with Crippen LogP contribution < -0.4 is 5.73 Å². The molecule has 1 aromatic heterocycles. The molecule has 0 unspecified atom stereocenters. The number of fused-ring (bicyclic) bond motifs is 1. The Kier molecular flexibility index (Phi) is 2.09. The molecule has 2 nitrogen and oxygen atoms in total. The van der Waals surface area contributed by atoms with E-state index in [2.05, 4.69) is 0 Å². The summed E-state index contributed by atoms with van der Waals surface area (Å²) in [6.45, 7) is 0. The predicted octanol–water partition coefficient (Wildman–Crippen LogP) is 2.91. The molecular weight excluding hydrogens is 202 g/mol. The van der Waals surface area contributed by atoms with Gasteiger partial charge in [0.15, 0.2) is 0 Å². The highest BCUT2D eigenvalue weighted by Crippen LogP contribution is 2.40. The van der Waals surface area contributed by atoms with E-state index in [4.69, 9.17) is 5.73 Å². The first kappa shape index (κ1) is 8.72.